The number of carbonyl (C=O) groups excluding carboxylic acids is 1. The quantitative estimate of drug-likeness (QED) is 0.883. The number of benzene rings is 1. The van der Waals surface area contributed by atoms with E-state index in [4.69, 9.17) is 0 Å². The predicted octanol–water partition coefficient (Wildman–Crippen LogP) is 2.45. The van der Waals surface area contributed by atoms with Crippen LogP contribution in [0.15, 0.2) is 24.3 Å². The zero-order chi connectivity index (χ0) is 13.5. The summed E-state index contributed by atoms with van der Waals surface area (Å²) in [5, 5.41) is 3.42. The highest BCUT2D eigenvalue weighted by molar-refractivity contribution is 6.08. The Morgan fingerprint density at radius 3 is 2.89 bits per heavy atom. The van der Waals surface area contributed by atoms with E-state index in [-0.39, 0.29) is 11.5 Å². The molecule has 19 heavy (non-hydrogen) atoms. The van der Waals surface area contributed by atoms with E-state index in [0.717, 1.165) is 38.0 Å². The van der Waals surface area contributed by atoms with Crippen molar-refractivity contribution in [3.63, 3.8) is 0 Å². The van der Waals surface area contributed by atoms with E-state index < -0.39 is 0 Å². The Hall–Kier alpha value is -1.35. The molecule has 1 aromatic carbocycles. The predicted molar refractivity (Wildman–Crippen MR) is 77.5 cm³/mol. The van der Waals surface area contributed by atoms with Gasteiger partial charge in [0.15, 0.2) is 0 Å². The number of nitrogens with one attached hydrogen (secondary N) is 1. The van der Waals surface area contributed by atoms with Gasteiger partial charge in [0.05, 0.1) is 5.41 Å². The van der Waals surface area contributed by atoms with Crippen LogP contribution in [0.4, 0.5) is 5.69 Å². The van der Waals surface area contributed by atoms with E-state index in [1.807, 2.05) is 11.0 Å². The molecule has 0 aliphatic carbocycles. The van der Waals surface area contributed by atoms with Gasteiger partial charge in [0.1, 0.15) is 0 Å². The Morgan fingerprint density at radius 2 is 2.21 bits per heavy atom. The first-order valence-corrected chi connectivity index (χ1v) is 7.34. The lowest BCUT2D eigenvalue weighted by molar-refractivity contribution is -0.124. The van der Waals surface area contributed by atoms with Crippen LogP contribution in [-0.4, -0.2) is 25.0 Å². The molecular weight excluding hydrogens is 236 g/mol. The Morgan fingerprint density at radius 1 is 1.42 bits per heavy atom. The molecule has 2 heterocycles. The minimum Gasteiger partial charge on any atom is -0.315 e. The monoisotopic (exact) mass is 258 g/mol. The molecule has 1 saturated heterocycles. The Labute approximate surface area is 115 Å². The Balaban J connectivity index is 2.11. The molecule has 102 valence electrons. The first-order chi connectivity index (χ1) is 9.20. The van der Waals surface area contributed by atoms with Crippen molar-refractivity contribution in [1.29, 1.82) is 0 Å². The second kappa shape index (κ2) is 4.64. The van der Waals surface area contributed by atoms with Crippen LogP contribution in [0.2, 0.25) is 0 Å². The van der Waals surface area contributed by atoms with E-state index in [1.165, 1.54) is 5.56 Å². The summed E-state index contributed by atoms with van der Waals surface area (Å²) in [5.41, 5.74) is 2.05. The molecular formula is C16H22N2O. The smallest absolute Gasteiger partial charge is 0.239 e. The second-order valence-electron chi connectivity index (χ2n) is 5.81. The van der Waals surface area contributed by atoms with Gasteiger partial charge in [-0.25, -0.2) is 0 Å². The number of carbonyl (C=O) groups is 1. The van der Waals surface area contributed by atoms with Gasteiger partial charge >= 0.3 is 0 Å². The van der Waals surface area contributed by atoms with Crippen molar-refractivity contribution in [3.05, 3.63) is 29.8 Å². The lowest BCUT2D eigenvalue weighted by Gasteiger charge is -2.34. The standard InChI is InChI=1S/C16H22N2O/c1-3-12(2)18-14-8-5-4-7-13(14)16(15(18)19)9-6-10-17-11-16/h4-5,7-8,12,17H,3,6,9-11H2,1-2H3. The van der Waals surface area contributed by atoms with Crippen LogP contribution in [0.1, 0.15) is 38.7 Å². The van der Waals surface area contributed by atoms with Gasteiger partial charge in [0.2, 0.25) is 5.91 Å². The summed E-state index contributed by atoms with van der Waals surface area (Å²) in [4.78, 5) is 15.1. The zero-order valence-electron chi connectivity index (χ0n) is 11.8. The van der Waals surface area contributed by atoms with Crippen LogP contribution < -0.4 is 10.2 Å². The number of hydrogen-bond acceptors (Lipinski definition) is 2. The summed E-state index contributed by atoms with van der Waals surface area (Å²) < 4.78 is 0. The Kier molecular flexibility index (Phi) is 3.09. The van der Waals surface area contributed by atoms with E-state index in [1.54, 1.807) is 0 Å². The molecule has 2 unspecified atom stereocenters. The van der Waals surface area contributed by atoms with Crippen molar-refractivity contribution in [2.75, 3.05) is 18.0 Å². The van der Waals surface area contributed by atoms with Crippen LogP contribution in [0.5, 0.6) is 0 Å². The molecule has 3 nitrogen and oxygen atoms in total. The van der Waals surface area contributed by atoms with E-state index in [2.05, 4.69) is 37.4 Å². The molecule has 0 saturated carbocycles. The number of anilines is 1. The van der Waals surface area contributed by atoms with Gasteiger partial charge in [-0.3, -0.25) is 4.79 Å². The molecule has 2 aliphatic heterocycles. The number of amides is 1. The van der Waals surface area contributed by atoms with Gasteiger partial charge in [-0.2, -0.15) is 0 Å². The molecule has 0 aromatic heterocycles. The fourth-order valence-electron chi connectivity index (χ4n) is 3.48. The third-order valence-corrected chi connectivity index (χ3v) is 4.72. The first kappa shape index (κ1) is 12.7. The topological polar surface area (TPSA) is 32.3 Å². The summed E-state index contributed by atoms with van der Waals surface area (Å²) in [6.45, 7) is 6.10. The number of piperidine rings is 1. The molecule has 1 amide bonds. The number of nitrogens with zero attached hydrogens (tertiary/aromatic N) is 1. The van der Waals surface area contributed by atoms with E-state index in [0.29, 0.717) is 5.91 Å². The highest BCUT2D eigenvalue weighted by atomic mass is 16.2. The lowest BCUT2D eigenvalue weighted by atomic mass is 9.76. The van der Waals surface area contributed by atoms with Crippen LogP contribution in [0.3, 0.4) is 0 Å². The summed E-state index contributed by atoms with van der Waals surface area (Å²) in [6, 6.07) is 8.61. The third-order valence-electron chi connectivity index (χ3n) is 4.72. The van der Waals surface area contributed by atoms with Crippen molar-refractivity contribution in [2.24, 2.45) is 0 Å². The van der Waals surface area contributed by atoms with Crippen LogP contribution in [0.25, 0.3) is 0 Å². The number of rotatable bonds is 2. The maximum Gasteiger partial charge on any atom is 0.239 e. The maximum absolute atomic E-state index is 13.0. The fourth-order valence-corrected chi connectivity index (χ4v) is 3.48. The van der Waals surface area contributed by atoms with Crippen molar-refractivity contribution < 1.29 is 4.79 Å². The highest BCUT2D eigenvalue weighted by Crippen LogP contribution is 2.46. The summed E-state index contributed by atoms with van der Waals surface area (Å²) in [5.74, 6) is 0.301. The molecule has 1 N–H and O–H groups in total. The van der Waals surface area contributed by atoms with Crippen molar-refractivity contribution in [2.45, 2.75) is 44.6 Å². The van der Waals surface area contributed by atoms with Crippen LogP contribution in [0, 0.1) is 0 Å². The average molecular weight is 258 g/mol. The van der Waals surface area contributed by atoms with Crippen molar-refractivity contribution in [1.82, 2.24) is 5.32 Å². The third kappa shape index (κ3) is 1.71. The van der Waals surface area contributed by atoms with Crippen molar-refractivity contribution >= 4 is 11.6 Å². The number of hydrogen-bond donors (Lipinski definition) is 1. The van der Waals surface area contributed by atoms with Gasteiger partial charge in [-0.05, 0) is 44.4 Å². The number of fused-ring (bicyclic) bond motifs is 2. The molecule has 1 aromatic rings. The lowest BCUT2D eigenvalue weighted by Crippen LogP contribution is -2.51. The zero-order valence-corrected chi connectivity index (χ0v) is 11.8. The molecule has 1 spiro atoms. The molecule has 2 atom stereocenters. The molecule has 0 radical (unpaired) electrons. The maximum atomic E-state index is 13.0. The summed E-state index contributed by atoms with van der Waals surface area (Å²) >= 11 is 0. The van der Waals surface area contributed by atoms with E-state index >= 15 is 0 Å². The van der Waals surface area contributed by atoms with Gasteiger partial charge in [0.25, 0.3) is 0 Å². The van der Waals surface area contributed by atoms with Gasteiger partial charge < -0.3 is 10.2 Å². The molecule has 0 bridgehead atoms. The SMILES string of the molecule is CCC(C)N1C(=O)C2(CCCNC2)c2ccccc21. The Bertz CT molecular complexity index is 491. The molecule has 3 rings (SSSR count). The normalized spacial score (nSPS) is 27.7. The fraction of sp³-hybridized carbons (Fsp3) is 0.562. The van der Waals surface area contributed by atoms with E-state index in [9.17, 15) is 4.79 Å². The minimum atomic E-state index is -0.307. The summed E-state index contributed by atoms with van der Waals surface area (Å²) in [6.07, 6.45) is 3.04. The average Bonchev–Trinajstić information content (AvgIpc) is 2.70. The van der Waals surface area contributed by atoms with Gasteiger partial charge in [-0.15, -0.1) is 0 Å². The highest BCUT2D eigenvalue weighted by Gasteiger charge is 2.51. The van der Waals surface area contributed by atoms with Gasteiger partial charge in [-0.1, -0.05) is 25.1 Å². The van der Waals surface area contributed by atoms with Crippen LogP contribution >= 0.6 is 0 Å². The largest absolute Gasteiger partial charge is 0.315 e. The minimum absolute atomic E-state index is 0.273. The summed E-state index contributed by atoms with van der Waals surface area (Å²) in [7, 11) is 0. The molecule has 3 heteroatoms. The van der Waals surface area contributed by atoms with Crippen molar-refractivity contribution in [3.8, 4) is 0 Å². The molecule has 1 fully saturated rings. The second-order valence-corrected chi connectivity index (χ2v) is 5.81. The molecule has 2 aliphatic rings. The first-order valence-electron chi connectivity index (χ1n) is 7.34. The van der Waals surface area contributed by atoms with Gasteiger partial charge in [0, 0.05) is 18.3 Å². The van der Waals surface area contributed by atoms with Crippen LogP contribution in [-0.2, 0) is 10.2 Å². The number of para-hydroxylation sites is 1.